The maximum absolute atomic E-state index is 11.2. The summed E-state index contributed by atoms with van der Waals surface area (Å²) in [4.78, 5) is 11.2. The van der Waals surface area contributed by atoms with Crippen LogP contribution in [0, 0.1) is 11.3 Å². The highest BCUT2D eigenvalue weighted by molar-refractivity contribution is 5.70. The maximum Gasteiger partial charge on any atom is 0.308 e. The number of aliphatic hydroxyl groups is 2. The molecule has 0 heterocycles. The van der Waals surface area contributed by atoms with Crippen LogP contribution in [0.2, 0.25) is 0 Å². The lowest BCUT2D eigenvalue weighted by Gasteiger charge is -2.18. The summed E-state index contributed by atoms with van der Waals surface area (Å²) in [6.45, 7) is 1.85. The standard InChI is InChI=1S/C13H16N2O4/c1-2-19-12(17)6-11(16)13(18)10-4-3-9(15)5-8(10)7-14/h3-5,11,13,16,18H,2,6,15H2,1H3. The number of ether oxygens (including phenoxy) is 1. The minimum atomic E-state index is -1.35. The molecule has 0 aromatic heterocycles. The SMILES string of the molecule is CCOC(=O)CC(O)C(O)c1ccc(N)cc1C#N. The van der Waals surface area contributed by atoms with Crippen molar-refractivity contribution in [1.82, 2.24) is 0 Å². The Kier molecular flexibility index (Phi) is 5.30. The number of nitrogens with two attached hydrogens (primary N) is 1. The third-order valence-electron chi connectivity index (χ3n) is 2.56. The Hall–Kier alpha value is -2.10. The average Bonchev–Trinajstić information content (AvgIpc) is 2.37. The third-order valence-corrected chi connectivity index (χ3v) is 2.56. The number of esters is 1. The van der Waals surface area contributed by atoms with Gasteiger partial charge in [-0.15, -0.1) is 0 Å². The van der Waals surface area contributed by atoms with E-state index < -0.39 is 18.2 Å². The Morgan fingerprint density at radius 3 is 2.79 bits per heavy atom. The summed E-state index contributed by atoms with van der Waals surface area (Å²) >= 11 is 0. The van der Waals surface area contributed by atoms with Gasteiger partial charge < -0.3 is 20.7 Å². The molecule has 2 unspecified atom stereocenters. The quantitative estimate of drug-likeness (QED) is 0.526. The molecule has 0 saturated heterocycles. The smallest absolute Gasteiger partial charge is 0.308 e. The van der Waals surface area contributed by atoms with Gasteiger partial charge in [-0.05, 0) is 19.1 Å². The Bertz CT molecular complexity index is 496. The van der Waals surface area contributed by atoms with Crippen molar-refractivity contribution < 1.29 is 19.7 Å². The van der Waals surface area contributed by atoms with E-state index in [1.54, 1.807) is 6.92 Å². The molecule has 102 valence electrons. The number of rotatable bonds is 5. The van der Waals surface area contributed by atoms with Crippen LogP contribution in [0.5, 0.6) is 0 Å². The highest BCUT2D eigenvalue weighted by atomic mass is 16.5. The van der Waals surface area contributed by atoms with Crippen molar-refractivity contribution in [3.05, 3.63) is 29.3 Å². The highest BCUT2D eigenvalue weighted by Gasteiger charge is 2.24. The van der Waals surface area contributed by atoms with E-state index in [4.69, 9.17) is 11.0 Å². The van der Waals surface area contributed by atoms with Crippen molar-refractivity contribution in [3.63, 3.8) is 0 Å². The molecule has 0 saturated carbocycles. The van der Waals surface area contributed by atoms with Crippen LogP contribution < -0.4 is 5.73 Å². The molecular weight excluding hydrogens is 248 g/mol. The van der Waals surface area contributed by atoms with E-state index in [9.17, 15) is 15.0 Å². The number of hydrogen-bond donors (Lipinski definition) is 3. The molecule has 1 rings (SSSR count). The predicted molar refractivity (Wildman–Crippen MR) is 67.8 cm³/mol. The molecule has 6 heteroatoms. The lowest BCUT2D eigenvalue weighted by molar-refractivity contribution is -0.147. The van der Waals surface area contributed by atoms with Crippen LogP contribution in [0.3, 0.4) is 0 Å². The van der Waals surface area contributed by atoms with E-state index >= 15 is 0 Å². The number of nitrogens with zero attached hydrogens (tertiary/aromatic N) is 1. The van der Waals surface area contributed by atoms with Crippen molar-refractivity contribution in [1.29, 1.82) is 5.26 Å². The van der Waals surface area contributed by atoms with Gasteiger partial charge in [0, 0.05) is 11.3 Å². The van der Waals surface area contributed by atoms with Gasteiger partial charge in [-0.2, -0.15) is 5.26 Å². The molecule has 4 N–H and O–H groups in total. The first-order valence-corrected chi connectivity index (χ1v) is 5.80. The van der Waals surface area contributed by atoms with Gasteiger partial charge in [-0.3, -0.25) is 4.79 Å². The molecule has 1 aromatic rings. The van der Waals surface area contributed by atoms with Gasteiger partial charge in [-0.25, -0.2) is 0 Å². The van der Waals surface area contributed by atoms with E-state index in [1.807, 2.05) is 6.07 Å². The zero-order chi connectivity index (χ0) is 14.4. The molecule has 0 aliphatic carbocycles. The van der Waals surface area contributed by atoms with Crippen molar-refractivity contribution in [2.24, 2.45) is 0 Å². The Labute approximate surface area is 111 Å². The predicted octanol–water partition coefficient (Wildman–Crippen LogP) is 0.488. The normalized spacial score (nSPS) is 13.4. The summed E-state index contributed by atoms with van der Waals surface area (Å²) in [7, 11) is 0. The maximum atomic E-state index is 11.2. The van der Waals surface area contributed by atoms with E-state index in [0.717, 1.165) is 0 Å². The fourth-order valence-corrected chi connectivity index (χ4v) is 1.64. The molecule has 2 atom stereocenters. The second-order valence-electron chi connectivity index (χ2n) is 3.98. The number of anilines is 1. The zero-order valence-electron chi connectivity index (χ0n) is 10.5. The van der Waals surface area contributed by atoms with Crippen molar-refractivity contribution in [3.8, 4) is 6.07 Å². The number of benzene rings is 1. The largest absolute Gasteiger partial charge is 0.466 e. The van der Waals surface area contributed by atoms with Gasteiger partial charge in [-0.1, -0.05) is 6.07 Å². The molecule has 0 aliphatic heterocycles. The molecule has 0 bridgehead atoms. The van der Waals surface area contributed by atoms with Crippen LogP contribution in [0.15, 0.2) is 18.2 Å². The van der Waals surface area contributed by atoms with Crippen LogP contribution >= 0.6 is 0 Å². The van der Waals surface area contributed by atoms with Crippen LogP contribution in [-0.2, 0) is 9.53 Å². The minimum absolute atomic E-state index is 0.162. The van der Waals surface area contributed by atoms with Gasteiger partial charge in [0.25, 0.3) is 0 Å². The number of carbonyl (C=O) groups is 1. The first-order valence-electron chi connectivity index (χ1n) is 5.80. The van der Waals surface area contributed by atoms with E-state index in [0.29, 0.717) is 5.69 Å². The summed E-state index contributed by atoms with van der Waals surface area (Å²) in [5, 5.41) is 28.7. The van der Waals surface area contributed by atoms with Gasteiger partial charge in [0.1, 0.15) is 6.10 Å². The summed E-state index contributed by atoms with van der Waals surface area (Å²) in [6, 6.07) is 6.24. The molecule has 0 aliphatic rings. The fourth-order valence-electron chi connectivity index (χ4n) is 1.64. The number of carbonyl (C=O) groups excluding carboxylic acids is 1. The van der Waals surface area contributed by atoms with Crippen LogP contribution in [-0.4, -0.2) is 28.9 Å². The Balaban J connectivity index is 2.85. The van der Waals surface area contributed by atoms with Gasteiger partial charge >= 0.3 is 5.97 Å². The van der Waals surface area contributed by atoms with E-state index in [-0.39, 0.29) is 24.2 Å². The Morgan fingerprint density at radius 2 is 2.21 bits per heavy atom. The second-order valence-corrected chi connectivity index (χ2v) is 3.98. The minimum Gasteiger partial charge on any atom is -0.466 e. The first-order chi connectivity index (χ1) is 8.99. The lowest BCUT2D eigenvalue weighted by Crippen LogP contribution is -2.23. The molecule has 1 aromatic carbocycles. The molecule has 6 nitrogen and oxygen atoms in total. The van der Waals surface area contributed by atoms with Crippen LogP contribution in [0.25, 0.3) is 0 Å². The number of nitrogen functional groups attached to an aromatic ring is 1. The Morgan fingerprint density at radius 1 is 1.53 bits per heavy atom. The lowest BCUT2D eigenvalue weighted by atomic mass is 9.97. The first kappa shape index (κ1) is 15.0. The topological polar surface area (TPSA) is 117 Å². The molecule has 0 amide bonds. The second kappa shape index (κ2) is 6.73. The van der Waals surface area contributed by atoms with Crippen molar-refractivity contribution in [2.75, 3.05) is 12.3 Å². The number of hydrogen-bond acceptors (Lipinski definition) is 6. The number of aliphatic hydroxyl groups excluding tert-OH is 2. The summed E-state index contributed by atoms with van der Waals surface area (Å²) < 4.78 is 4.68. The number of nitriles is 1. The van der Waals surface area contributed by atoms with Crippen molar-refractivity contribution in [2.45, 2.75) is 25.6 Å². The van der Waals surface area contributed by atoms with Gasteiger partial charge in [0.2, 0.25) is 0 Å². The molecule has 0 fully saturated rings. The van der Waals surface area contributed by atoms with Gasteiger partial charge in [0.15, 0.2) is 0 Å². The molecule has 0 radical (unpaired) electrons. The van der Waals surface area contributed by atoms with E-state index in [2.05, 4.69) is 4.74 Å². The average molecular weight is 264 g/mol. The molecule has 0 spiro atoms. The summed E-state index contributed by atoms with van der Waals surface area (Å²) in [5.41, 5.74) is 6.30. The zero-order valence-corrected chi connectivity index (χ0v) is 10.5. The highest BCUT2D eigenvalue weighted by Crippen LogP contribution is 2.24. The van der Waals surface area contributed by atoms with Crippen LogP contribution in [0.1, 0.15) is 30.6 Å². The summed E-state index contributed by atoms with van der Waals surface area (Å²) in [5.74, 6) is -0.608. The van der Waals surface area contributed by atoms with Crippen molar-refractivity contribution >= 4 is 11.7 Å². The fraction of sp³-hybridized carbons (Fsp3) is 0.385. The summed E-state index contributed by atoms with van der Waals surface area (Å²) in [6.07, 6.45) is -3.03. The monoisotopic (exact) mass is 264 g/mol. The molecule has 19 heavy (non-hydrogen) atoms. The molecular formula is C13H16N2O4. The van der Waals surface area contributed by atoms with Gasteiger partial charge in [0.05, 0.1) is 30.8 Å². The third kappa shape index (κ3) is 3.95. The van der Waals surface area contributed by atoms with Crippen LogP contribution in [0.4, 0.5) is 5.69 Å². The van der Waals surface area contributed by atoms with E-state index in [1.165, 1.54) is 18.2 Å².